The van der Waals surface area contributed by atoms with Crippen LogP contribution >= 0.6 is 11.6 Å². The number of aromatic nitrogens is 2. The van der Waals surface area contributed by atoms with Crippen LogP contribution in [0, 0.1) is 6.92 Å². The minimum absolute atomic E-state index is 0.177. The quantitative estimate of drug-likeness (QED) is 0.671. The lowest BCUT2D eigenvalue weighted by Gasteiger charge is -2.33. The molecule has 0 radical (unpaired) electrons. The first-order valence-corrected chi connectivity index (χ1v) is 10.7. The van der Waals surface area contributed by atoms with Gasteiger partial charge in [0.1, 0.15) is 10.5 Å². The Kier molecular flexibility index (Phi) is 4.94. The van der Waals surface area contributed by atoms with Crippen LogP contribution in [0.15, 0.2) is 53.7 Å². The molecular weight excluding hydrogens is 384 g/mol. The fourth-order valence-corrected chi connectivity index (χ4v) is 5.30. The normalized spacial score (nSPS) is 16.8. The van der Waals surface area contributed by atoms with Crippen LogP contribution in [0.4, 0.5) is 0 Å². The molecule has 0 aliphatic carbocycles. The van der Waals surface area contributed by atoms with Gasteiger partial charge in [0.05, 0.1) is 10.7 Å². The summed E-state index contributed by atoms with van der Waals surface area (Å²) < 4.78 is 29.2. The first-order valence-electron chi connectivity index (χ1n) is 8.85. The summed E-state index contributed by atoms with van der Waals surface area (Å²) in [5.74, 6) is 0. The third-order valence-electron chi connectivity index (χ3n) is 4.82. The number of imidazole rings is 1. The van der Waals surface area contributed by atoms with Gasteiger partial charge < -0.3 is 4.40 Å². The molecule has 0 spiro atoms. The van der Waals surface area contributed by atoms with E-state index in [1.165, 1.54) is 9.87 Å². The summed E-state index contributed by atoms with van der Waals surface area (Å²) >= 11 is 6.09. The van der Waals surface area contributed by atoms with Gasteiger partial charge in [0.2, 0.25) is 10.0 Å². The zero-order valence-electron chi connectivity index (χ0n) is 15.0. The van der Waals surface area contributed by atoms with Crippen LogP contribution < -0.4 is 0 Å². The average molecular weight is 405 g/mol. The Balaban J connectivity index is 1.43. The number of piperazine rings is 1. The van der Waals surface area contributed by atoms with E-state index in [4.69, 9.17) is 11.6 Å². The third kappa shape index (κ3) is 3.73. The Labute approximate surface area is 164 Å². The largest absolute Gasteiger partial charge is 0.307 e. The second-order valence-electron chi connectivity index (χ2n) is 6.81. The van der Waals surface area contributed by atoms with Gasteiger partial charge in [-0.25, -0.2) is 13.4 Å². The Morgan fingerprint density at radius 1 is 1.04 bits per heavy atom. The summed E-state index contributed by atoms with van der Waals surface area (Å²) in [6.07, 6.45) is 4.09. The molecule has 0 amide bonds. The molecule has 0 N–H and O–H groups in total. The molecule has 1 aliphatic heterocycles. The Morgan fingerprint density at radius 2 is 1.78 bits per heavy atom. The molecule has 1 aliphatic rings. The van der Waals surface area contributed by atoms with Crippen molar-refractivity contribution < 1.29 is 8.42 Å². The molecule has 1 aromatic carbocycles. The number of aryl methyl sites for hydroxylation is 1. The molecule has 0 bridgehead atoms. The number of halogens is 1. The minimum Gasteiger partial charge on any atom is -0.307 e. The SMILES string of the molecule is Cc1ccc2nc(CN3CCN(S(=O)(=O)c4ccccc4Cl)CC3)cn2c1. The molecule has 6 nitrogen and oxygen atoms in total. The number of hydrogen-bond donors (Lipinski definition) is 0. The van der Waals surface area contributed by atoms with E-state index in [0.29, 0.717) is 32.7 Å². The van der Waals surface area contributed by atoms with Crippen molar-refractivity contribution in [2.24, 2.45) is 0 Å². The highest BCUT2D eigenvalue weighted by atomic mass is 35.5. The monoisotopic (exact) mass is 404 g/mol. The third-order valence-corrected chi connectivity index (χ3v) is 7.22. The average Bonchev–Trinajstić information content (AvgIpc) is 3.03. The molecule has 4 rings (SSSR count). The highest BCUT2D eigenvalue weighted by Gasteiger charge is 2.30. The van der Waals surface area contributed by atoms with Gasteiger partial charge in [-0.3, -0.25) is 4.90 Å². The van der Waals surface area contributed by atoms with Gasteiger partial charge >= 0.3 is 0 Å². The minimum atomic E-state index is -3.56. The van der Waals surface area contributed by atoms with E-state index in [1.807, 2.05) is 22.7 Å². The number of hydrogen-bond acceptors (Lipinski definition) is 4. The molecule has 8 heteroatoms. The molecule has 0 atom stereocenters. The van der Waals surface area contributed by atoms with Gasteiger partial charge in [0, 0.05) is 45.1 Å². The number of rotatable bonds is 4. The first-order chi connectivity index (χ1) is 12.9. The fourth-order valence-electron chi connectivity index (χ4n) is 3.38. The van der Waals surface area contributed by atoms with E-state index >= 15 is 0 Å². The first kappa shape index (κ1) is 18.4. The Hall–Kier alpha value is -1.93. The fraction of sp³-hybridized carbons (Fsp3) is 0.316. The van der Waals surface area contributed by atoms with E-state index in [2.05, 4.69) is 23.0 Å². The maximum atomic E-state index is 12.8. The van der Waals surface area contributed by atoms with E-state index in [9.17, 15) is 8.42 Å². The van der Waals surface area contributed by atoms with Gasteiger partial charge in [-0.1, -0.05) is 29.8 Å². The van der Waals surface area contributed by atoms with E-state index < -0.39 is 10.0 Å². The Morgan fingerprint density at radius 3 is 2.52 bits per heavy atom. The molecular formula is C19H21ClN4O2S. The summed E-state index contributed by atoms with van der Waals surface area (Å²) in [5.41, 5.74) is 3.10. The van der Waals surface area contributed by atoms with Gasteiger partial charge in [-0.05, 0) is 30.7 Å². The van der Waals surface area contributed by atoms with Crippen molar-refractivity contribution in [2.75, 3.05) is 26.2 Å². The highest BCUT2D eigenvalue weighted by molar-refractivity contribution is 7.89. The van der Waals surface area contributed by atoms with Crippen LogP contribution in [0.3, 0.4) is 0 Å². The topological polar surface area (TPSA) is 57.9 Å². The van der Waals surface area contributed by atoms with Crippen LogP contribution in [0.5, 0.6) is 0 Å². The second-order valence-corrected chi connectivity index (χ2v) is 9.13. The van der Waals surface area contributed by atoms with Gasteiger partial charge in [0.25, 0.3) is 0 Å². The second kappa shape index (κ2) is 7.24. The standard InChI is InChI=1S/C19H21ClN4O2S/c1-15-6-7-19-21-16(14-23(19)12-15)13-22-8-10-24(11-9-22)27(25,26)18-5-3-2-4-17(18)20/h2-7,12,14H,8-11,13H2,1H3. The lowest BCUT2D eigenvalue weighted by Crippen LogP contribution is -2.48. The summed E-state index contributed by atoms with van der Waals surface area (Å²) in [4.78, 5) is 7.05. The van der Waals surface area contributed by atoms with Crippen LogP contribution in [0.1, 0.15) is 11.3 Å². The predicted molar refractivity (Wildman–Crippen MR) is 105 cm³/mol. The zero-order chi connectivity index (χ0) is 19.0. The molecule has 1 saturated heterocycles. The maximum absolute atomic E-state index is 12.8. The molecule has 3 aromatic rings. The molecule has 0 unspecified atom stereocenters. The van der Waals surface area contributed by atoms with Crippen molar-refractivity contribution in [3.63, 3.8) is 0 Å². The molecule has 2 aromatic heterocycles. The summed E-state index contributed by atoms with van der Waals surface area (Å²) in [5, 5.41) is 0.264. The van der Waals surface area contributed by atoms with E-state index in [0.717, 1.165) is 11.3 Å². The molecule has 27 heavy (non-hydrogen) atoms. The lowest BCUT2D eigenvalue weighted by molar-refractivity contribution is 0.180. The number of fused-ring (bicyclic) bond motifs is 1. The highest BCUT2D eigenvalue weighted by Crippen LogP contribution is 2.25. The van der Waals surface area contributed by atoms with Gasteiger partial charge in [-0.15, -0.1) is 0 Å². The molecule has 1 fully saturated rings. The van der Waals surface area contributed by atoms with Crippen molar-refractivity contribution in [3.05, 3.63) is 65.1 Å². The van der Waals surface area contributed by atoms with E-state index in [-0.39, 0.29) is 9.92 Å². The van der Waals surface area contributed by atoms with Crippen LogP contribution in [-0.4, -0.2) is 53.2 Å². The van der Waals surface area contributed by atoms with Crippen molar-refractivity contribution in [2.45, 2.75) is 18.4 Å². The van der Waals surface area contributed by atoms with Crippen molar-refractivity contribution >= 4 is 27.3 Å². The van der Waals surface area contributed by atoms with Crippen molar-refractivity contribution in [3.8, 4) is 0 Å². The number of nitrogens with zero attached hydrogens (tertiary/aromatic N) is 4. The maximum Gasteiger partial charge on any atom is 0.244 e. The Bertz CT molecular complexity index is 1070. The molecule has 0 saturated carbocycles. The summed E-state index contributed by atoms with van der Waals surface area (Å²) in [6.45, 7) is 4.98. The summed E-state index contributed by atoms with van der Waals surface area (Å²) in [6, 6.07) is 10.6. The van der Waals surface area contributed by atoms with Crippen LogP contribution in [-0.2, 0) is 16.6 Å². The van der Waals surface area contributed by atoms with Gasteiger partial charge in [-0.2, -0.15) is 4.31 Å². The van der Waals surface area contributed by atoms with Crippen molar-refractivity contribution in [1.29, 1.82) is 0 Å². The number of sulfonamides is 1. The number of benzene rings is 1. The van der Waals surface area contributed by atoms with E-state index in [1.54, 1.807) is 24.3 Å². The van der Waals surface area contributed by atoms with Crippen LogP contribution in [0.2, 0.25) is 5.02 Å². The molecule has 3 heterocycles. The zero-order valence-corrected chi connectivity index (χ0v) is 16.6. The van der Waals surface area contributed by atoms with Crippen molar-refractivity contribution in [1.82, 2.24) is 18.6 Å². The van der Waals surface area contributed by atoms with Gasteiger partial charge in [0.15, 0.2) is 0 Å². The predicted octanol–water partition coefficient (Wildman–Crippen LogP) is 2.80. The smallest absolute Gasteiger partial charge is 0.244 e. The summed E-state index contributed by atoms with van der Waals surface area (Å²) in [7, 11) is -3.56. The lowest BCUT2D eigenvalue weighted by atomic mass is 10.3. The number of pyridine rings is 1. The molecule has 142 valence electrons. The van der Waals surface area contributed by atoms with Crippen LogP contribution in [0.25, 0.3) is 5.65 Å².